The number of hydrogen-bond acceptors (Lipinski definition) is 3. The van der Waals surface area contributed by atoms with Crippen LogP contribution in [0.25, 0.3) is 0 Å². The fraction of sp³-hybridized carbons (Fsp3) is 0.500. The summed E-state index contributed by atoms with van der Waals surface area (Å²) in [5.41, 5.74) is 2.58. The van der Waals surface area contributed by atoms with Gasteiger partial charge in [0.15, 0.2) is 0 Å². The summed E-state index contributed by atoms with van der Waals surface area (Å²) in [6.07, 6.45) is 6.20. The van der Waals surface area contributed by atoms with Crippen LogP contribution in [0.3, 0.4) is 0 Å². The van der Waals surface area contributed by atoms with Crippen molar-refractivity contribution in [2.24, 2.45) is 5.92 Å². The zero-order valence-corrected chi connectivity index (χ0v) is 16.3. The predicted octanol–water partition coefficient (Wildman–Crippen LogP) is 4.65. The van der Waals surface area contributed by atoms with Crippen LogP contribution in [-0.4, -0.2) is 35.8 Å². The molecule has 3 rings (SSSR count). The maximum atomic E-state index is 9.55. The zero-order chi connectivity index (χ0) is 18.7. The number of aliphatic hydroxyl groups excluding tert-OH is 1. The van der Waals surface area contributed by atoms with Crippen LogP contribution in [0.15, 0.2) is 60.7 Å². The first kappa shape index (κ1) is 20.1. The van der Waals surface area contributed by atoms with E-state index in [1.54, 1.807) is 0 Å². The number of hydrogen-bond donors (Lipinski definition) is 1. The number of ether oxygens (including phenoxy) is 1. The van der Waals surface area contributed by atoms with Crippen molar-refractivity contribution >= 4 is 0 Å². The van der Waals surface area contributed by atoms with Gasteiger partial charge in [-0.3, -0.25) is 4.90 Å². The average molecular weight is 368 g/mol. The summed E-state index contributed by atoms with van der Waals surface area (Å²) in [5, 5.41) is 9.55. The third-order valence-corrected chi connectivity index (χ3v) is 5.68. The lowest BCUT2D eigenvalue weighted by molar-refractivity contribution is 0.0946. The molecule has 3 nitrogen and oxygen atoms in total. The highest BCUT2D eigenvalue weighted by Crippen LogP contribution is 2.34. The summed E-state index contributed by atoms with van der Waals surface area (Å²) in [7, 11) is 0. The van der Waals surface area contributed by atoms with Gasteiger partial charge >= 0.3 is 0 Å². The van der Waals surface area contributed by atoms with Crippen molar-refractivity contribution in [2.45, 2.75) is 51.3 Å². The van der Waals surface area contributed by atoms with Crippen LogP contribution in [0.5, 0.6) is 0 Å². The van der Waals surface area contributed by atoms with Gasteiger partial charge in [-0.05, 0) is 42.7 Å². The quantitative estimate of drug-likeness (QED) is 0.587. The number of aliphatic hydroxyl groups is 1. The first-order valence-corrected chi connectivity index (χ1v) is 10.4. The molecule has 0 spiro atoms. The Morgan fingerprint density at radius 2 is 1.63 bits per heavy atom. The van der Waals surface area contributed by atoms with E-state index in [0.29, 0.717) is 12.6 Å². The molecule has 0 saturated heterocycles. The Kier molecular flexibility index (Phi) is 8.34. The highest BCUT2D eigenvalue weighted by atomic mass is 16.5. The molecule has 2 aromatic rings. The van der Waals surface area contributed by atoms with Crippen LogP contribution in [0.1, 0.15) is 43.2 Å². The lowest BCUT2D eigenvalue weighted by Crippen LogP contribution is -2.39. The number of nitrogens with zero attached hydrogens (tertiary/aromatic N) is 1. The van der Waals surface area contributed by atoms with Gasteiger partial charge < -0.3 is 9.84 Å². The molecule has 0 bridgehead atoms. The molecule has 27 heavy (non-hydrogen) atoms. The molecule has 2 atom stereocenters. The Hall–Kier alpha value is -1.68. The molecule has 0 heterocycles. The van der Waals surface area contributed by atoms with Crippen LogP contribution in [-0.2, 0) is 17.9 Å². The largest absolute Gasteiger partial charge is 0.395 e. The Labute approximate surface area is 164 Å². The monoisotopic (exact) mass is 367 g/mol. The molecule has 2 aromatic carbocycles. The van der Waals surface area contributed by atoms with Crippen molar-refractivity contribution < 1.29 is 9.84 Å². The second kappa shape index (κ2) is 11.2. The van der Waals surface area contributed by atoms with Crippen LogP contribution >= 0.6 is 0 Å². The summed E-state index contributed by atoms with van der Waals surface area (Å²) in [6, 6.07) is 21.6. The van der Waals surface area contributed by atoms with E-state index in [9.17, 15) is 5.11 Å². The van der Waals surface area contributed by atoms with Gasteiger partial charge in [0.1, 0.15) is 0 Å². The van der Waals surface area contributed by atoms with Gasteiger partial charge in [-0.1, -0.05) is 67.1 Å². The molecule has 0 aromatic heterocycles. The van der Waals surface area contributed by atoms with Gasteiger partial charge in [0.05, 0.1) is 13.2 Å². The van der Waals surface area contributed by atoms with Gasteiger partial charge in [-0.25, -0.2) is 0 Å². The van der Waals surface area contributed by atoms with Crippen molar-refractivity contribution in [3.05, 3.63) is 71.8 Å². The first-order valence-electron chi connectivity index (χ1n) is 10.4. The van der Waals surface area contributed by atoms with Gasteiger partial charge in [0.25, 0.3) is 0 Å². The molecule has 3 heteroatoms. The normalized spacial score (nSPS) is 19.6. The summed E-state index contributed by atoms with van der Waals surface area (Å²) in [5.74, 6) is 0.723. The van der Waals surface area contributed by atoms with Gasteiger partial charge in [-0.2, -0.15) is 0 Å². The molecule has 1 N–H and O–H groups in total. The van der Waals surface area contributed by atoms with E-state index in [2.05, 4.69) is 59.5 Å². The summed E-state index contributed by atoms with van der Waals surface area (Å²) >= 11 is 0. The Morgan fingerprint density at radius 3 is 2.33 bits per heavy atom. The van der Waals surface area contributed by atoms with E-state index < -0.39 is 0 Å². The molecule has 146 valence electrons. The van der Waals surface area contributed by atoms with Crippen LogP contribution in [0.2, 0.25) is 0 Å². The molecule has 1 aliphatic rings. The van der Waals surface area contributed by atoms with E-state index in [-0.39, 0.29) is 6.61 Å². The molecular formula is C24H33NO2. The number of benzene rings is 2. The third kappa shape index (κ3) is 6.46. The zero-order valence-electron chi connectivity index (χ0n) is 16.3. The summed E-state index contributed by atoms with van der Waals surface area (Å²) < 4.78 is 5.86. The summed E-state index contributed by atoms with van der Waals surface area (Å²) in [4.78, 5) is 2.50. The van der Waals surface area contributed by atoms with Crippen LogP contribution < -0.4 is 0 Å². The van der Waals surface area contributed by atoms with Crippen molar-refractivity contribution in [3.63, 3.8) is 0 Å². The van der Waals surface area contributed by atoms with Crippen LogP contribution in [0, 0.1) is 5.92 Å². The minimum absolute atomic E-state index is 0.232. The number of rotatable bonds is 11. The van der Waals surface area contributed by atoms with Crippen molar-refractivity contribution in [1.29, 1.82) is 0 Å². The smallest absolute Gasteiger partial charge is 0.0716 e. The molecule has 0 aliphatic heterocycles. The van der Waals surface area contributed by atoms with Gasteiger partial charge in [-0.15, -0.1) is 0 Å². The standard InChI is InChI=1S/C24H33NO2/c26-17-16-25(19-21-9-3-1-4-10-21)24-15-7-13-23(24)14-8-18-27-20-22-11-5-2-6-12-22/h1-6,9-12,23-24,26H,7-8,13-20H2/t23-,24+/m0/s1. The molecular weight excluding hydrogens is 334 g/mol. The molecule has 1 aliphatic carbocycles. The molecule has 1 saturated carbocycles. The van der Waals surface area contributed by atoms with E-state index >= 15 is 0 Å². The van der Waals surface area contributed by atoms with Gasteiger partial charge in [0.2, 0.25) is 0 Å². The Balaban J connectivity index is 1.44. The Morgan fingerprint density at radius 1 is 0.926 bits per heavy atom. The highest BCUT2D eigenvalue weighted by molar-refractivity contribution is 5.15. The Bertz CT molecular complexity index is 631. The van der Waals surface area contributed by atoms with Crippen LogP contribution in [0.4, 0.5) is 0 Å². The maximum absolute atomic E-state index is 9.55. The van der Waals surface area contributed by atoms with Gasteiger partial charge in [0, 0.05) is 25.7 Å². The predicted molar refractivity (Wildman–Crippen MR) is 110 cm³/mol. The third-order valence-electron chi connectivity index (χ3n) is 5.68. The van der Waals surface area contributed by atoms with E-state index in [1.807, 2.05) is 6.07 Å². The van der Waals surface area contributed by atoms with Crippen molar-refractivity contribution in [2.75, 3.05) is 19.8 Å². The minimum atomic E-state index is 0.232. The fourth-order valence-electron chi connectivity index (χ4n) is 4.36. The average Bonchev–Trinajstić information content (AvgIpc) is 3.17. The van der Waals surface area contributed by atoms with Crippen molar-refractivity contribution in [3.8, 4) is 0 Å². The van der Waals surface area contributed by atoms with E-state index in [0.717, 1.165) is 32.0 Å². The topological polar surface area (TPSA) is 32.7 Å². The maximum Gasteiger partial charge on any atom is 0.0716 e. The van der Waals surface area contributed by atoms with E-state index in [4.69, 9.17) is 4.74 Å². The SMILES string of the molecule is OCCN(Cc1ccccc1)[C@@H]1CCC[C@H]1CCCOCc1ccccc1. The second-order valence-electron chi connectivity index (χ2n) is 7.62. The molecule has 0 amide bonds. The molecule has 0 radical (unpaired) electrons. The lowest BCUT2D eigenvalue weighted by atomic mass is 9.96. The molecule has 1 fully saturated rings. The lowest BCUT2D eigenvalue weighted by Gasteiger charge is -2.33. The fourth-order valence-corrected chi connectivity index (χ4v) is 4.36. The highest BCUT2D eigenvalue weighted by Gasteiger charge is 2.31. The van der Waals surface area contributed by atoms with E-state index in [1.165, 1.54) is 36.8 Å². The minimum Gasteiger partial charge on any atom is -0.395 e. The summed E-state index contributed by atoms with van der Waals surface area (Å²) in [6.45, 7) is 3.47. The second-order valence-corrected chi connectivity index (χ2v) is 7.62. The van der Waals surface area contributed by atoms with Crippen molar-refractivity contribution in [1.82, 2.24) is 4.90 Å². The first-order chi connectivity index (χ1) is 13.4. The molecule has 0 unspecified atom stereocenters.